The molecule has 0 N–H and O–H groups in total. The highest BCUT2D eigenvalue weighted by atomic mass is 32.2. The van der Waals surface area contributed by atoms with Gasteiger partial charge in [-0.25, -0.2) is 0 Å². The zero-order chi connectivity index (χ0) is 11.9. The van der Waals surface area contributed by atoms with Crippen molar-refractivity contribution in [3.63, 3.8) is 0 Å². The molecule has 4 heteroatoms. The molecule has 1 aromatic carbocycles. The third-order valence-corrected chi connectivity index (χ3v) is 3.27. The Morgan fingerprint density at radius 2 is 2.12 bits per heavy atom. The summed E-state index contributed by atoms with van der Waals surface area (Å²) in [5, 5.41) is 4.16. The van der Waals surface area contributed by atoms with Crippen molar-refractivity contribution in [2.75, 3.05) is 12.4 Å². The average Bonchev–Trinajstić information content (AvgIpc) is 2.84. The molecule has 0 saturated carbocycles. The van der Waals surface area contributed by atoms with Crippen LogP contribution in [-0.2, 0) is 6.54 Å². The predicted molar refractivity (Wildman–Crippen MR) is 70.6 cm³/mol. The number of hydrogen-bond acceptors (Lipinski definition) is 3. The largest absolute Gasteiger partial charge is 0.489 e. The van der Waals surface area contributed by atoms with Crippen molar-refractivity contribution in [1.29, 1.82) is 0 Å². The van der Waals surface area contributed by atoms with Crippen molar-refractivity contribution in [2.24, 2.45) is 0 Å². The van der Waals surface area contributed by atoms with Gasteiger partial charge in [-0.05, 0) is 19.1 Å². The molecule has 1 aromatic heterocycles. The first-order chi connectivity index (χ1) is 8.38. The average molecular weight is 248 g/mol. The van der Waals surface area contributed by atoms with Gasteiger partial charge >= 0.3 is 0 Å². The SMILES string of the molecule is CCn1cc(OCCSc2ccccc2)cn1. The first-order valence-corrected chi connectivity index (χ1v) is 6.70. The number of nitrogens with zero attached hydrogens (tertiary/aromatic N) is 2. The fraction of sp³-hybridized carbons (Fsp3) is 0.308. The highest BCUT2D eigenvalue weighted by Crippen LogP contribution is 2.17. The third kappa shape index (κ3) is 3.82. The minimum absolute atomic E-state index is 0.703. The van der Waals surface area contributed by atoms with E-state index in [-0.39, 0.29) is 0 Å². The van der Waals surface area contributed by atoms with E-state index in [1.165, 1.54) is 4.90 Å². The van der Waals surface area contributed by atoms with Crippen LogP contribution >= 0.6 is 11.8 Å². The molecular formula is C13H16N2OS. The Hall–Kier alpha value is -1.42. The standard InChI is InChI=1S/C13H16N2OS/c1-2-15-11-12(10-14-15)16-8-9-17-13-6-4-3-5-7-13/h3-7,10-11H,2,8-9H2,1H3. The van der Waals surface area contributed by atoms with Crippen LogP contribution in [-0.4, -0.2) is 22.1 Å². The minimum Gasteiger partial charge on any atom is -0.489 e. The molecule has 0 saturated heterocycles. The summed E-state index contributed by atoms with van der Waals surface area (Å²) in [7, 11) is 0. The number of ether oxygens (including phenoxy) is 1. The molecule has 2 aromatic rings. The lowest BCUT2D eigenvalue weighted by Gasteiger charge is -2.03. The second-order valence-corrected chi connectivity index (χ2v) is 4.71. The number of thioether (sulfide) groups is 1. The van der Waals surface area contributed by atoms with Crippen molar-refractivity contribution in [3.05, 3.63) is 42.7 Å². The van der Waals surface area contributed by atoms with Crippen LogP contribution < -0.4 is 4.74 Å². The molecule has 0 spiro atoms. The zero-order valence-electron chi connectivity index (χ0n) is 9.87. The molecule has 17 heavy (non-hydrogen) atoms. The monoisotopic (exact) mass is 248 g/mol. The summed E-state index contributed by atoms with van der Waals surface area (Å²) in [6, 6.07) is 10.3. The Morgan fingerprint density at radius 1 is 1.29 bits per heavy atom. The normalized spacial score (nSPS) is 10.4. The number of benzene rings is 1. The second-order valence-electron chi connectivity index (χ2n) is 3.54. The molecule has 0 bridgehead atoms. The highest BCUT2D eigenvalue weighted by molar-refractivity contribution is 7.99. The molecular weight excluding hydrogens is 232 g/mol. The van der Waals surface area contributed by atoms with Gasteiger partial charge in [0.25, 0.3) is 0 Å². The van der Waals surface area contributed by atoms with Gasteiger partial charge in [0.05, 0.1) is 19.0 Å². The smallest absolute Gasteiger partial charge is 0.157 e. The van der Waals surface area contributed by atoms with Crippen molar-refractivity contribution in [3.8, 4) is 5.75 Å². The van der Waals surface area contributed by atoms with E-state index in [0.29, 0.717) is 6.61 Å². The predicted octanol–water partition coefficient (Wildman–Crippen LogP) is 3.07. The Kier molecular flexibility index (Phi) is 4.50. The summed E-state index contributed by atoms with van der Waals surface area (Å²) >= 11 is 1.80. The van der Waals surface area contributed by atoms with E-state index in [1.54, 1.807) is 18.0 Å². The molecule has 0 aliphatic carbocycles. The van der Waals surface area contributed by atoms with E-state index in [0.717, 1.165) is 18.0 Å². The Balaban J connectivity index is 1.69. The van der Waals surface area contributed by atoms with Gasteiger partial charge in [0.1, 0.15) is 0 Å². The molecule has 3 nitrogen and oxygen atoms in total. The molecule has 0 radical (unpaired) electrons. The second kappa shape index (κ2) is 6.35. The Labute approximate surface area is 106 Å². The Morgan fingerprint density at radius 3 is 2.82 bits per heavy atom. The molecule has 0 aliphatic rings. The first kappa shape index (κ1) is 12.0. The molecule has 0 atom stereocenters. The van der Waals surface area contributed by atoms with Crippen molar-refractivity contribution in [1.82, 2.24) is 9.78 Å². The number of rotatable bonds is 6. The van der Waals surface area contributed by atoms with Crippen LogP contribution in [0.5, 0.6) is 5.75 Å². The Bertz CT molecular complexity index is 442. The van der Waals surface area contributed by atoms with Gasteiger partial charge in [-0.3, -0.25) is 4.68 Å². The lowest BCUT2D eigenvalue weighted by atomic mass is 10.4. The van der Waals surface area contributed by atoms with E-state index in [4.69, 9.17) is 4.74 Å². The lowest BCUT2D eigenvalue weighted by Crippen LogP contribution is -1.99. The van der Waals surface area contributed by atoms with E-state index in [9.17, 15) is 0 Å². The maximum Gasteiger partial charge on any atom is 0.157 e. The number of hydrogen-bond donors (Lipinski definition) is 0. The maximum atomic E-state index is 5.61. The molecule has 0 fully saturated rings. The van der Waals surface area contributed by atoms with Crippen LogP contribution in [0.4, 0.5) is 0 Å². The van der Waals surface area contributed by atoms with Crippen LogP contribution in [0, 0.1) is 0 Å². The van der Waals surface area contributed by atoms with Crippen LogP contribution in [0.1, 0.15) is 6.92 Å². The number of aryl methyl sites for hydroxylation is 1. The fourth-order valence-electron chi connectivity index (χ4n) is 1.43. The van der Waals surface area contributed by atoms with Crippen LogP contribution in [0.25, 0.3) is 0 Å². The molecule has 0 aliphatic heterocycles. The van der Waals surface area contributed by atoms with Gasteiger partial charge in [-0.2, -0.15) is 5.10 Å². The van der Waals surface area contributed by atoms with Gasteiger partial charge in [-0.15, -0.1) is 11.8 Å². The van der Waals surface area contributed by atoms with Crippen molar-refractivity contribution >= 4 is 11.8 Å². The van der Waals surface area contributed by atoms with E-state index < -0.39 is 0 Å². The van der Waals surface area contributed by atoms with E-state index >= 15 is 0 Å². The molecule has 0 unspecified atom stereocenters. The van der Waals surface area contributed by atoms with E-state index in [1.807, 2.05) is 16.9 Å². The summed E-state index contributed by atoms with van der Waals surface area (Å²) in [5.41, 5.74) is 0. The molecule has 1 heterocycles. The summed E-state index contributed by atoms with van der Waals surface area (Å²) in [4.78, 5) is 1.28. The van der Waals surface area contributed by atoms with E-state index in [2.05, 4.69) is 36.3 Å². The summed E-state index contributed by atoms with van der Waals surface area (Å²) in [6.07, 6.45) is 3.68. The van der Waals surface area contributed by atoms with Gasteiger partial charge in [0, 0.05) is 17.2 Å². The maximum absolute atomic E-state index is 5.61. The molecule has 90 valence electrons. The van der Waals surface area contributed by atoms with Crippen molar-refractivity contribution < 1.29 is 4.74 Å². The van der Waals surface area contributed by atoms with Crippen LogP contribution in [0.15, 0.2) is 47.6 Å². The summed E-state index contributed by atoms with van der Waals surface area (Å²) in [5.74, 6) is 1.79. The van der Waals surface area contributed by atoms with Gasteiger partial charge in [0.2, 0.25) is 0 Å². The minimum atomic E-state index is 0.703. The van der Waals surface area contributed by atoms with Crippen molar-refractivity contribution in [2.45, 2.75) is 18.4 Å². The van der Waals surface area contributed by atoms with Gasteiger partial charge in [0.15, 0.2) is 5.75 Å². The van der Waals surface area contributed by atoms with Crippen LogP contribution in [0.3, 0.4) is 0 Å². The van der Waals surface area contributed by atoms with Gasteiger partial charge in [-0.1, -0.05) is 18.2 Å². The van der Waals surface area contributed by atoms with Crippen LogP contribution in [0.2, 0.25) is 0 Å². The van der Waals surface area contributed by atoms with Gasteiger partial charge < -0.3 is 4.74 Å². The highest BCUT2D eigenvalue weighted by Gasteiger charge is 1.98. The summed E-state index contributed by atoms with van der Waals surface area (Å²) in [6.45, 7) is 3.64. The summed E-state index contributed by atoms with van der Waals surface area (Å²) < 4.78 is 7.47. The zero-order valence-corrected chi connectivity index (χ0v) is 10.7. The first-order valence-electron chi connectivity index (χ1n) is 5.71. The third-order valence-electron chi connectivity index (χ3n) is 2.30. The molecule has 0 amide bonds. The topological polar surface area (TPSA) is 27.1 Å². The quantitative estimate of drug-likeness (QED) is 0.580. The number of aromatic nitrogens is 2. The fourth-order valence-corrected chi connectivity index (χ4v) is 2.18. The lowest BCUT2D eigenvalue weighted by molar-refractivity contribution is 0.343. The molecule has 2 rings (SSSR count).